The van der Waals surface area contributed by atoms with Gasteiger partial charge in [0.05, 0.1) is 19.7 Å². The van der Waals surface area contributed by atoms with Crippen LogP contribution < -0.4 is 14.8 Å². The maximum Gasteiger partial charge on any atom is 0.241 e. The zero-order chi connectivity index (χ0) is 22.5. The Kier molecular flexibility index (Phi) is 6.61. The lowest BCUT2D eigenvalue weighted by Gasteiger charge is -2.10. The van der Waals surface area contributed by atoms with Crippen molar-refractivity contribution in [1.82, 2.24) is 15.1 Å². The number of carbonyl (C=O) groups excluding carboxylic acids is 1. The number of amides is 1. The topological polar surface area (TPSA) is 65.4 Å². The molecule has 0 fully saturated rings. The molecule has 0 aliphatic carbocycles. The third-order valence-electron chi connectivity index (χ3n) is 5.24. The van der Waals surface area contributed by atoms with E-state index < -0.39 is 0 Å². The van der Waals surface area contributed by atoms with Gasteiger partial charge in [0, 0.05) is 22.5 Å². The highest BCUT2D eigenvalue weighted by molar-refractivity contribution is 6.31. The van der Waals surface area contributed by atoms with Gasteiger partial charge in [-0.05, 0) is 42.3 Å². The molecule has 3 aromatic carbocycles. The van der Waals surface area contributed by atoms with E-state index >= 15 is 0 Å². The molecular weight excluding hydrogens is 426 g/mol. The van der Waals surface area contributed by atoms with Crippen LogP contribution in [0.3, 0.4) is 0 Å². The van der Waals surface area contributed by atoms with Crippen molar-refractivity contribution in [2.75, 3.05) is 20.8 Å². The fourth-order valence-corrected chi connectivity index (χ4v) is 3.83. The average molecular weight is 450 g/mol. The summed E-state index contributed by atoms with van der Waals surface area (Å²) in [6, 6.07) is 21.2. The maximum atomic E-state index is 12.6. The van der Waals surface area contributed by atoms with Gasteiger partial charge in [0.15, 0.2) is 11.5 Å². The van der Waals surface area contributed by atoms with E-state index in [9.17, 15) is 4.79 Å². The van der Waals surface area contributed by atoms with Gasteiger partial charge < -0.3 is 14.8 Å². The number of methoxy groups -OCH3 is 2. The van der Waals surface area contributed by atoms with Crippen LogP contribution in [0.15, 0.2) is 66.7 Å². The summed E-state index contributed by atoms with van der Waals surface area (Å²) in [6.07, 6.45) is 0.677. The molecule has 0 radical (unpaired) electrons. The van der Waals surface area contributed by atoms with Crippen molar-refractivity contribution in [3.8, 4) is 22.8 Å². The van der Waals surface area contributed by atoms with E-state index in [-0.39, 0.29) is 12.5 Å². The van der Waals surface area contributed by atoms with Crippen molar-refractivity contribution in [2.24, 2.45) is 0 Å². The van der Waals surface area contributed by atoms with E-state index in [0.717, 1.165) is 27.7 Å². The van der Waals surface area contributed by atoms with Crippen LogP contribution in [0.1, 0.15) is 5.56 Å². The highest BCUT2D eigenvalue weighted by Crippen LogP contribution is 2.30. The first kappa shape index (κ1) is 21.7. The summed E-state index contributed by atoms with van der Waals surface area (Å²) in [6.45, 7) is 0.627. The molecule has 0 aliphatic heterocycles. The van der Waals surface area contributed by atoms with Crippen molar-refractivity contribution in [3.05, 3.63) is 77.3 Å². The zero-order valence-electron chi connectivity index (χ0n) is 18.0. The SMILES string of the molecule is COc1ccc(CCNC(=O)Cn2nc(-c3ccccc3)c3cc(Cl)ccc32)cc1OC. The third kappa shape index (κ3) is 4.70. The summed E-state index contributed by atoms with van der Waals surface area (Å²) in [4.78, 5) is 12.6. The van der Waals surface area contributed by atoms with Gasteiger partial charge in [0.1, 0.15) is 12.2 Å². The molecule has 0 aliphatic rings. The number of halogens is 1. The van der Waals surface area contributed by atoms with E-state index in [2.05, 4.69) is 5.32 Å². The van der Waals surface area contributed by atoms with Crippen molar-refractivity contribution in [3.63, 3.8) is 0 Å². The van der Waals surface area contributed by atoms with Gasteiger partial charge in [-0.1, -0.05) is 48.0 Å². The molecule has 0 spiro atoms. The first-order valence-electron chi connectivity index (χ1n) is 10.3. The Morgan fingerprint density at radius 2 is 1.78 bits per heavy atom. The predicted molar refractivity (Wildman–Crippen MR) is 126 cm³/mol. The molecule has 0 atom stereocenters. The van der Waals surface area contributed by atoms with Crippen LogP contribution in [0.2, 0.25) is 5.02 Å². The number of benzene rings is 3. The normalized spacial score (nSPS) is 10.8. The molecule has 1 heterocycles. The first-order valence-corrected chi connectivity index (χ1v) is 10.7. The van der Waals surface area contributed by atoms with Crippen LogP contribution in [0.4, 0.5) is 0 Å². The largest absolute Gasteiger partial charge is 0.493 e. The Morgan fingerprint density at radius 1 is 1.00 bits per heavy atom. The van der Waals surface area contributed by atoms with E-state index in [1.165, 1.54) is 0 Å². The van der Waals surface area contributed by atoms with Crippen molar-refractivity contribution < 1.29 is 14.3 Å². The Morgan fingerprint density at radius 3 is 2.53 bits per heavy atom. The molecule has 6 nitrogen and oxygen atoms in total. The van der Waals surface area contributed by atoms with Crippen LogP contribution in [0.5, 0.6) is 11.5 Å². The molecule has 32 heavy (non-hydrogen) atoms. The number of hydrogen-bond acceptors (Lipinski definition) is 4. The second-order valence-electron chi connectivity index (χ2n) is 7.32. The van der Waals surface area contributed by atoms with Gasteiger partial charge in [0.25, 0.3) is 0 Å². The Hall–Kier alpha value is -3.51. The van der Waals surface area contributed by atoms with Crippen molar-refractivity contribution >= 4 is 28.4 Å². The van der Waals surface area contributed by atoms with Crippen LogP contribution in [0.25, 0.3) is 22.2 Å². The highest BCUT2D eigenvalue weighted by Gasteiger charge is 2.15. The van der Waals surface area contributed by atoms with Gasteiger partial charge in [-0.3, -0.25) is 9.48 Å². The molecule has 0 saturated heterocycles. The third-order valence-corrected chi connectivity index (χ3v) is 5.47. The highest BCUT2D eigenvalue weighted by atomic mass is 35.5. The first-order chi connectivity index (χ1) is 15.6. The van der Waals surface area contributed by atoms with E-state index in [4.69, 9.17) is 26.2 Å². The zero-order valence-corrected chi connectivity index (χ0v) is 18.7. The maximum absolute atomic E-state index is 12.6. The Balaban J connectivity index is 1.46. The smallest absolute Gasteiger partial charge is 0.241 e. The van der Waals surface area contributed by atoms with E-state index in [1.54, 1.807) is 18.9 Å². The van der Waals surface area contributed by atoms with Crippen LogP contribution in [-0.4, -0.2) is 36.5 Å². The second kappa shape index (κ2) is 9.75. The van der Waals surface area contributed by atoms with Crippen molar-refractivity contribution in [1.29, 1.82) is 0 Å². The molecule has 1 aromatic heterocycles. The predicted octanol–water partition coefficient (Wildman–Crippen LogP) is 4.73. The number of ether oxygens (including phenoxy) is 2. The fourth-order valence-electron chi connectivity index (χ4n) is 3.66. The summed E-state index contributed by atoms with van der Waals surface area (Å²) in [7, 11) is 3.21. The van der Waals surface area contributed by atoms with Crippen LogP contribution in [0, 0.1) is 0 Å². The monoisotopic (exact) mass is 449 g/mol. The molecule has 4 rings (SSSR count). The minimum absolute atomic E-state index is 0.107. The van der Waals surface area contributed by atoms with Gasteiger partial charge in [0.2, 0.25) is 5.91 Å². The van der Waals surface area contributed by atoms with Crippen LogP contribution >= 0.6 is 11.6 Å². The summed E-state index contributed by atoms with van der Waals surface area (Å²) in [5.41, 5.74) is 3.70. The Labute approximate surface area is 191 Å². The summed E-state index contributed by atoms with van der Waals surface area (Å²) in [5, 5.41) is 9.24. The average Bonchev–Trinajstić information content (AvgIpc) is 3.16. The number of fused-ring (bicyclic) bond motifs is 1. The molecule has 0 bridgehead atoms. The lowest BCUT2D eigenvalue weighted by Crippen LogP contribution is -2.29. The van der Waals surface area contributed by atoms with Crippen LogP contribution in [-0.2, 0) is 17.8 Å². The molecule has 1 N–H and O–H groups in total. The standard InChI is InChI=1S/C25H24ClN3O3/c1-31-22-11-8-17(14-23(22)32-2)12-13-27-24(30)16-29-21-10-9-19(26)15-20(21)25(28-29)18-6-4-3-5-7-18/h3-11,14-15H,12-13,16H2,1-2H3,(H,27,30). The molecule has 0 unspecified atom stereocenters. The minimum Gasteiger partial charge on any atom is -0.493 e. The molecule has 0 saturated carbocycles. The number of hydrogen-bond donors (Lipinski definition) is 1. The number of nitrogens with one attached hydrogen (secondary N) is 1. The van der Waals surface area contributed by atoms with Gasteiger partial charge >= 0.3 is 0 Å². The van der Waals surface area contributed by atoms with E-state index in [1.807, 2.05) is 66.7 Å². The summed E-state index contributed by atoms with van der Waals surface area (Å²) < 4.78 is 12.3. The van der Waals surface area contributed by atoms with Gasteiger partial charge in [-0.25, -0.2) is 0 Å². The minimum atomic E-state index is -0.107. The lowest BCUT2D eigenvalue weighted by molar-refractivity contribution is -0.121. The van der Waals surface area contributed by atoms with Gasteiger partial charge in [-0.2, -0.15) is 5.10 Å². The number of rotatable bonds is 8. The molecule has 164 valence electrons. The number of carbonyl (C=O) groups is 1. The molecule has 4 aromatic rings. The van der Waals surface area contributed by atoms with E-state index in [0.29, 0.717) is 29.5 Å². The number of nitrogens with zero attached hydrogens (tertiary/aromatic N) is 2. The van der Waals surface area contributed by atoms with Crippen molar-refractivity contribution in [2.45, 2.75) is 13.0 Å². The van der Waals surface area contributed by atoms with Gasteiger partial charge in [-0.15, -0.1) is 0 Å². The summed E-state index contributed by atoms with van der Waals surface area (Å²) in [5.74, 6) is 1.25. The fraction of sp³-hybridized carbons (Fsp3) is 0.200. The lowest BCUT2D eigenvalue weighted by atomic mass is 10.1. The second-order valence-corrected chi connectivity index (χ2v) is 7.76. The Bertz CT molecular complexity index is 1240. The molecular formula is C25H24ClN3O3. The molecule has 7 heteroatoms. The quantitative estimate of drug-likeness (QED) is 0.422. The number of aromatic nitrogens is 2. The molecule has 1 amide bonds. The summed E-state index contributed by atoms with van der Waals surface area (Å²) >= 11 is 6.23.